The summed E-state index contributed by atoms with van der Waals surface area (Å²) in [5, 5.41) is 15.6. The van der Waals surface area contributed by atoms with Gasteiger partial charge in [0, 0.05) is 5.56 Å². The minimum atomic E-state index is 0.682. The molecule has 0 radical (unpaired) electrons. The Bertz CT molecular complexity index is 305. The van der Waals surface area contributed by atoms with Gasteiger partial charge in [-0.05, 0) is 19.4 Å². The Hall–Kier alpha value is -1.32. The molecule has 0 saturated heterocycles. The zero-order valence-corrected chi connectivity index (χ0v) is 6.28. The predicted octanol–water partition coefficient (Wildman–Crippen LogP) is 1.42. The summed E-state index contributed by atoms with van der Waals surface area (Å²) < 4.78 is 0. The Morgan fingerprint density at radius 3 is 3.18 bits per heavy atom. The van der Waals surface area contributed by atoms with Crippen LogP contribution < -0.4 is 0 Å². The minimum absolute atomic E-state index is 0.682. The van der Waals surface area contributed by atoms with Crippen LogP contribution in [0.2, 0.25) is 0 Å². The molecule has 2 heterocycles. The van der Waals surface area contributed by atoms with E-state index < -0.39 is 0 Å². The Morgan fingerprint density at radius 1 is 1.36 bits per heavy atom. The van der Waals surface area contributed by atoms with Crippen molar-refractivity contribution in [2.45, 2.75) is 13.3 Å². The van der Waals surface area contributed by atoms with Crippen molar-refractivity contribution in [3.8, 4) is 0 Å². The van der Waals surface area contributed by atoms with E-state index in [1.54, 1.807) is 0 Å². The number of aryl methyl sites for hydroxylation is 1. The van der Waals surface area contributed by atoms with E-state index in [0.29, 0.717) is 5.82 Å². The third kappa shape index (κ3) is 1.11. The molecule has 0 unspecified atom stereocenters. The first-order valence-corrected chi connectivity index (χ1v) is 3.57. The summed E-state index contributed by atoms with van der Waals surface area (Å²) in [4.78, 5) is 0. The molecule has 0 fully saturated rings. The monoisotopic (exact) mass is 148 g/mol. The maximum atomic E-state index is 3.91. The maximum absolute atomic E-state index is 3.91. The van der Waals surface area contributed by atoms with Gasteiger partial charge < -0.3 is 0 Å². The average Bonchev–Trinajstić information content (AvgIpc) is 2.04. The number of hydrogen-bond donors (Lipinski definition) is 0. The number of rotatable bonds is 0. The molecular formula is C7H8N4. The molecule has 1 aliphatic heterocycles. The molecule has 56 valence electrons. The van der Waals surface area contributed by atoms with E-state index in [1.807, 2.05) is 13.0 Å². The van der Waals surface area contributed by atoms with Crippen molar-refractivity contribution in [3.63, 3.8) is 0 Å². The molecule has 0 N–H and O–H groups in total. The van der Waals surface area contributed by atoms with Crippen molar-refractivity contribution >= 4 is 5.82 Å². The van der Waals surface area contributed by atoms with Crippen LogP contribution in [-0.4, -0.2) is 16.7 Å². The maximum Gasteiger partial charge on any atom is 0.199 e. The molecule has 0 amide bonds. The number of hydrogen-bond acceptors (Lipinski definition) is 4. The van der Waals surface area contributed by atoms with Crippen LogP contribution in [0.5, 0.6) is 0 Å². The summed E-state index contributed by atoms with van der Waals surface area (Å²) >= 11 is 0. The second-order valence-corrected chi connectivity index (χ2v) is 2.55. The Balaban J connectivity index is 2.53. The van der Waals surface area contributed by atoms with Gasteiger partial charge in [0.25, 0.3) is 0 Å². The van der Waals surface area contributed by atoms with Crippen LogP contribution in [0.25, 0.3) is 0 Å². The number of nitrogens with zero attached hydrogens (tertiary/aromatic N) is 4. The van der Waals surface area contributed by atoms with Gasteiger partial charge in [0.15, 0.2) is 5.82 Å². The van der Waals surface area contributed by atoms with Gasteiger partial charge in [-0.15, -0.1) is 10.2 Å². The van der Waals surface area contributed by atoms with Crippen molar-refractivity contribution in [2.24, 2.45) is 10.2 Å². The lowest BCUT2D eigenvalue weighted by atomic mass is 10.2. The Morgan fingerprint density at radius 2 is 2.27 bits per heavy atom. The van der Waals surface area contributed by atoms with E-state index in [1.165, 1.54) is 0 Å². The van der Waals surface area contributed by atoms with Gasteiger partial charge in [0.2, 0.25) is 0 Å². The fraction of sp³-hybridized carbons (Fsp3) is 0.429. The summed E-state index contributed by atoms with van der Waals surface area (Å²) in [6.45, 7) is 2.71. The van der Waals surface area contributed by atoms with Crippen LogP contribution >= 0.6 is 0 Å². The summed E-state index contributed by atoms with van der Waals surface area (Å²) in [5.41, 5.74) is 2.10. The lowest BCUT2D eigenvalue weighted by Gasteiger charge is -2.05. The molecule has 1 aliphatic rings. The van der Waals surface area contributed by atoms with Crippen molar-refractivity contribution < 1.29 is 0 Å². The van der Waals surface area contributed by atoms with Crippen LogP contribution in [0.1, 0.15) is 11.3 Å². The highest BCUT2D eigenvalue weighted by Gasteiger charge is 2.07. The fourth-order valence-corrected chi connectivity index (χ4v) is 1.09. The SMILES string of the molecule is Cc1cc2c(nn1)N=NCC2. The highest BCUT2D eigenvalue weighted by molar-refractivity contribution is 5.38. The highest BCUT2D eigenvalue weighted by atomic mass is 15.2. The zero-order valence-electron chi connectivity index (χ0n) is 6.28. The van der Waals surface area contributed by atoms with Crippen molar-refractivity contribution in [1.29, 1.82) is 0 Å². The molecule has 11 heavy (non-hydrogen) atoms. The van der Waals surface area contributed by atoms with Crippen LogP contribution in [0.3, 0.4) is 0 Å². The van der Waals surface area contributed by atoms with Gasteiger partial charge in [0.05, 0.1) is 12.2 Å². The van der Waals surface area contributed by atoms with Gasteiger partial charge >= 0.3 is 0 Å². The van der Waals surface area contributed by atoms with Crippen LogP contribution in [0.15, 0.2) is 16.3 Å². The number of azo groups is 1. The van der Waals surface area contributed by atoms with Gasteiger partial charge in [0.1, 0.15) is 0 Å². The summed E-state index contributed by atoms with van der Waals surface area (Å²) in [7, 11) is 0. The molecule has 0 atom stereocenters. The highest BCUT2D eigenvalue weighted by Crippen LogP contribution is 2.19. The minimum Gasteiger partial charge on any atom is -0.187 e. The third-order valence-corrected chi connectivity index (χ3v) is 1.62. The van der Waals surface area contributed by atoms with Gasteiger partial charge in [-0.2, -0.15) is 10.2 Å². The van der Waals surface area contributed by atoms with E-state index in [0.717, 1.165) is 24.2 Å². The van der Waals surface area contributed by atoms with E-state index in [9.17, 15) is 0 Å². The van der Waals surface area contributed by atoms with Gasteiger partial charge in [-0.25, -0.2) is 0 Å². The van der Waals surface area contributed by atoms with Crippen molar-refractivity contribution in [2.75, 3.05) is 6.54 Å². The first-order chi connectivity index (χ1) is 5.36. The van der Waals surface area contributed by atoms with E-state index in [-0.39, 0.29) is 0 Å². The van der Waals surface area contributed by atoms with E-state index in [4.69, 9.17) is 0 Å². The lowest BCUT2D eigenvalue weighted by Crippen LogP contribution is -1.99. The Labute approximate surface area is 64.4 Å². The first kappa shape index (κ1) is 6.39. The van der Waals surface area contributed by atoms with E-state index >= 15 is 0 Å². The normalized spacial score (nSPS) is 14.6. The largest absolute Gasteiger partial charge is 0.199 e. The molecular weight excluding hydrogens is 140 g/mol. The molecule has 4 nitrogen and oxygen atoms in total. The van der Waals surface area contributed by atoms with Crippen LogP contribution in [0.4, 0.5) is 5.82 Å². The molecule has 0 saturated carbocycles. The summed E-state index contributed by atoms with van der Waals surface area (Å²) in [6, 6.07) is 2.01. The summed E-state index contributed by atoms with van der Waals surface area (Å²) in [5.74, 6) is 0.682. The summed E-state index contributed by atoms with van der Waals surface area (Å²) in [6.07, 6.45) is 0.940. The third-order valence-electron chi connectivity index (χ3n) is 1.62. The standard InChI is InChI=1S/C7H8N4/c1-5-4-6-2-3-8-10-7(6)11-9-5/h4H,2-3H2,1H3. The van der Waals surface area contributed by atoms with Gasteiger partial charge in [-0.1, -0.05) is 0 Å². The second kappa shape index (κ2) is 2.38. The number of fused-ring (bicyclic) bond motifs is 1. The predicted molar refractivity (Wildman–Crippen MR) is 39.9 cm³/mol. The molecule has 0 bridgehead atoms. The number of aromatic nitrogens is 2. The second-order valence-electron chi connectivity index (χ2n) is 2.55. The average molecular weight is 148 g/mol. The topological polar surface area (TPSA) is 50.5 Å². The molecule has 0 aliphatic carbocycles. The van der Waals surface area contributed by atoms with Crippen molar-refractivity contribution in [1.82, 2.24) is 10.2 Å². The molecule has 2 rings (SSSR count). The van der Waals surface area contributed by atoms with Crippen LogP contribution in [0, 0.1) is 6.92 Å². The Kier molecular flexibility index (Phi) is 1.38. The molecule has 1 aromatic heterocycles. The van der Waals surface area contributed by atoms with Gasteiger partial charge in [-0.3, -0.25) is 0 Å². The molecule has 4 heteroatoms. The smallest absolute Gasteiger partial charge is 0.187 e. The molecule has 0 spiro atoms. The first-order valence-electron chi connectivity index (χ1n) is 3.57. The molecule has 1 aromatic rings. The van der Waals surface area contributed by atoms with E-state index in [2.05, 4.69) is 20.4 Å². The van der Waals surface area contributed by atoms with Crippen molar-refractivity contribution in [3.05, 3.63) is 17.3 Å². The lowest BCUT2D eigenvalue weighted by molar-refractivity contribution is 0.814. The molecule has 0 aromatic carbocycles. The fourth-order valence-electron chi connectivity index (χ4n) is 1.09. The zero-order chi connectivity index (χ0) is 7.68. The van der Waals surface area contributed by atoms with Crippen LogP contribution in [-0.2, 0) is 6.42 Å². The quantitative estimate of drug-likeness (QED) is 0.558.